The van der Waals surface area contributed by atoms with Crippen molar-refractivity contribution < 1.29 is 9.53 Å². The number of allylic oxidation sites excluding steroid dienone is 2. The van der Waals surface area contributed by atoms with Gasteiger partial charge in [0.15, 0.2) is 0 Å². The minimum absolute atomic E-state index is 0.0402. The summed E-state index contributed by atoms with van der Waals surface area (Å²) in [7, 11) is 0. The number of hydrogen-bond donors (Lipinski definition) is 0. The van der Waals surface area contributed by atoms with Gasteiger partial charge in [0.25, 0.3) is 0 Å². The second-order valence-corrected chi connectivity index (χ2v) is 5.41. The summed E-state index contributed by atoms with van der Waals surface area (Å²) in [5, 5.41) is 0. The van der Waals surface area contributed by atoms with E-state index in [-0.39, 0.29) is 18.1 Å². The fraction of sp³-hybridized carbons (Fsp3) is 0.667. The van der Waals surface area contributed by atoms with Crippen molar-refractivity contribution in [2.24, 2.45) is 5.92 Å². The molecule has 3 unspecified atom stereocenters. The van der Waals surface area contributed by atoms with Gasteiger partial charge in [0.2, 0.25) is 0 Å². The number of carbonyl (C=O) groups is 1. The van der Waals surface area contributed by atoms with Crippen LogP contribution in [-0.4, -0.2) is 18.0 Å². The van der Waals surface area contributed by atoms with Crippen LogP contribution in [0.4, 0.5) is 0 Å². The van der Waals surface area contributed by atoms with Gasteiger partial charge < -0.3 is 4.74 Å². The third-order valence-electron chi connectivity index (χ3n) is 4.24. The van der Waals surface area contributed by atoms with Crippen molar-refractivity contribution >= 4 is 5.78 Å². The van der Waals surface area contributed by atoms with Gasteiger partial charge in [0.1, 0.15) is 5.78 Å². The zero-order chi connectivity index (χ0) is 11.7. The largest absolute Gasteiger partial charge is 0.369 e. The van der Waals surface area contributed by atoms with Crippen molar-refractivity contribution in [2.75, 3.05) is 0 Å². The molecular weight excluding hydrogens is 212 g/mol. The molecule has 0 radical (unpaired) electrons. The average Bonchev–Trinajstić information content (AvgIpc) is 2.40. The van der Waals surface area contributed by atoms with Crippen molar-refractivity contribution in [2.45, 2.75) is 57.2 Å². The summed E-state index contributed by atoms with van der Waals surface area (Å²) < 4.78 is 6.16. The van der Waals surface area contributed by atoms with E-state index in [9.17, 15) is 4.79 Å². The first-order valence-corrected chi connectivity index (χ1v) is 6.89. The number of ketones is 1. The van der Waals surface area contributed by atoms with Gasteiger partial charge in [-0.25, -0.2) is 0 Å². The van der Waals surface area contributed by atoms with Crippen LogP contribution in [0.2, 0.25) is 0 Å². The highest BCUT2D eigenvalue weighted by atomic mass is 16.5. The summed E-state index contributed by atoms with van der Waals surface area (Å²) in [6, 6.07) is 0. The molecule has 0 bridgehead atoms. The summed E-state index contributed by atoms with van der Waals surface area (Å²) in [5.74, 6) is 0.638. The van der Waals surface area contributed by atoms with Gasteiger partial charge in [-0.15, -0.1) is 0 Å². The van der Waals surface area contributed by atoms with E-state index in [4.69, 9.17) is 4.74 Å². The van der Waals surface area contributed by atoms with E-state index in [1.807, 2.05) is 0 Å². The van der Waals surface area contributed by atoms with Crippen LogP contribution in [0.25, 0.3) is 0 Å². The Hall–Kier alpha value is -0.890. The number of carbonyl (C=O) groups excluding carboxylic acids is 1. The fourth-order valence-electron chi connectivity index (χ4n) is 3.29. The van der Waals surface area contributed by atoms with Crippen molar-refractivity contribution in [3.8, 4) is 0 Å². The molecule has 2 aliphatic carbocycles. The third-order valence-corrected chi connectivity index (χ3v) is 4.24. The van der Waals surface area contributed by atoms with Gasteiger partial charge in [-0.05, 0) is 31.3 Å². The van der Waals surface area contributed by atoms with E-state index < -0.39 is 0 Å². The molecule has 1 saturated carbocycles. The molecule has 2 fully saturated rings. The van der Waals surface area contributed by atoms with Crippen LogP contribution in [0.3, 0.4) is 0 Å². The molecular formula is C15H20O2. The second-order valence-electron chi connectivity index (χ2n) is 5.41. The molecule has 3 atom stereocenters. The molecule has 92 valence electrons. The highest BCUT2D eigenvalue weighted by Gasteiger charge is 2.39. The molecule has 0 aromatic rings. The number of fused-ring (bicyclic) bond motifs is 1. The van der Waals surface area contributed by atoms with Gasteiger partial charge in [-0.3, -0.25) is 4.79 Å². The zero-order valence-electron chi connectivity index (χ0n) is 10.2. The number of rotatable bonds is 1. The Labute approximate surface area is 103 Å². The van der Waals surface area contributed by atoms with E-state index in [1.165, 1.54) is 18.4 Å². The van der Waals surface area contributed by atoms with E-state index in [0.717, 1.165) is 25.7 Å². The summed E-state index contributed by atoms with van der Waals surface area (Å²) in [4.78, 5) is 12.2. The lowest BCUT2D eigenvalue weighted by Crippen LogP contribution is -2.43. The fourth-order valence-corrected chi connectivity index (χ4v) is 3.29. The molecule has 17 heavy (non-hydrogen) atoms. The van der Waals surface area contributed by atoms with E-state index in [1.54, 1.807) is 0 Å². The Balaban J connectivity index is 1.74. The topological polar surface area (TPSA) is 26.3 Å². The standard InChI is InChI=1S/C15H20O2/c16-13-10-15(11-6-2-1-3-7-11)17-14-9-5-4-8-12(13)14/h2,6-7,12,14-15H,1,3-5,8-10H2. The van der Waals surface area contributed by atoms with Gasteiger partial charge in [-0.2, -0.15) is 0 Å². The van der Waals surface area contributed by atoms with Crippen molar-refractivity contribution in [1.82, 2.24) is 0 Å². The van der Waals surface area contributed by atoms with E-state index in [0.29, 0.717) is 12.2 Å². The molecule has 0 amide bonds. The van der Waals surface area contributed by atoms with Crippen LogP contribution in [0.15, 0.2) is 23.8 Å². The van der Waals surface area contributed by atoms with Crippen LogP contribution in [0.5, 0.6) is 0 Å². The molecule has 3 aliphatic rings. The predicted octanol–water partition coefficient (Wildman–Crippen LogP) is 3.18. The average molecular weight is 232 g/mol. The monoisotopic (exact) mass is 232 g/mol. The van der Waals surface area contributed by atoms with Crippen LogP contribution in [0, 0.1) is 5.92 Å². The first-order valence-electron chi connectivity index (χ1n) is 6.89. The number of Topliss-reactive ketones (excluding diaryl/α,β-unsaturated/α-hetero) is 1. The van der Waals surface area contributed by atoms with Crippen LogP contribution in [-0.2, 0) is 9.53 Å². The molecule has 1 heterocycles. The van der Waals surface area contributed by atoms with Gasteiger partial charge >= 0.3 is 0 Å². The number of ether oxygens (including phenoxy) is 1. The van der Waals surface area contributed by atoms with Crippen molar-refractivity contribution in [3.63, 3.8) is 0 Å². The third kappa shape index (κ3) is 2.23. The van der Waals surface area contributed by atoms with Gasteiger partial charge in [0, 0.05) is 12.3 Å². The molecule has 0 spiro atoms. The maximum absolute atomic E-state index is 12.2. The molecule has 3 rings (SSSR count). The minimum atomic E-state index is 0.0402. The Kier molecular flexibility index (Phi) is 3.15. The van der Waals surface area contributed by atoms with E-state index >= 15 is 0 Å². The maximum Gasteiger partial charge on any atom is 0.141 e. The summed E-state index contributed by atoms with van der Waals surface area (Å²) in [5.41, 5.74) is 1.23. The molecule has 2 heteroatoms. The molecule has 0 aromatic heterocycles. The first-order chi connectivity index (χ1) is 8.34. The van der Waals surface area contributed by atoms with E-state index in [2.05, 4.69) is 18.2 Å². The summed E-state index contributed by atoms with van der Waals surface area (Å²) >= 11 is 0. The lowest BCUT2D eigenvalue weighted by Gasteiger charge is -2.39. The SMILES string of the molecule is O=C1CC(C2=CCCC=C2)OC2CCCCC12. The smallest absolute Gasteiger partial charge is 0.141 e. The van der Waals surface area contributed by atoms with Gasteiger partial charge in [-0.1, -0.05) is 31.1 Å². The number of hydrogen-bond acceptors (Lipinski definition) is 2. The second kappa shape index (κ2) is 4.77. The van der Waals surface area contributed by atoms with Crippen LogP contribution >= 0.6 is 0 Å². The molecule has 1 aliphatic heterocycles. The molecule has 1 saturated heterocycles. The first kappa shape index (κ1) is 11.2. The predicted molar refractivity (Wildman–Crippen MR) is 66.7 cm³/mol. The van der Waals surface area contributed by atoms with Crippen molar-refractivity contribution in [1.29, 1.82) is 0 Å². The zero-order valence-corrected chi connectivity index (χ0v) is 10.2. The lowest BCUT2D eigenvalue weighted by molar-refractivity contribution is -0.146. The molecule has 0 N–H and O–H groups in total. The van der Waals surface area contributed by atoms with Crippen molar-refractivity contribution in [3.05, 3.63) is 23.8 Å². The Bertz CT molecular complexity index is 367. The Morgan fingerprint density at radius 2 is 2.06 bits per heavy atom. The van der Waals surface area contributed by atoms with Crippen LogP contribution in [0.1, 0.15) is 44.9 Å². The Morgan fingerprint density at radius 1 is 1.18 bits per heavy atom. The normalized spacial score (nSPS) is 37.5. The Morgan fingerprint density at radius 3 is 2.88 bits per heavy atom. The highest BCUT2D eigenvalue weighted by molar-refractivity contribution is 5.83. The molecule has 0 aromatic carbocycles. The minimum Gasteiger partial charge on any atom is -0.369 e. The quantitative estimate of drug-likeness (QED) is 0.694. The molecule has 2 nitrogen and oxygen atoms in total. The highest BCUT2D eigenvalue weighted by Crippen LogP contribution is 2.36. The lowest BCUT2D eigenvalue weighted by atomic mass is 9.78. The summed E-state index contributed by atoms with van der Waals surface area (Å²) in [6.45, 7) is 0. The maximum atomic E-state index is 12.2. The van der Waals surface area contributed by atoms with Gasteiger partial charge in [0.05, 0.1) is 12.2 Å². The summed E-state index contributed by atoms with van der Waals surface area (Å²) in [6.07, 6.45) is 14.2. The van der Waals surface area contributed by atoms with Crippen LogP contribution < -0.4 is 0 Å².